The molecule has 0 amide bonds. The number of nitrogens with one attached hydrogen (secondary N) is 1. The summed E-state index contributed by atoms with van der Waals surface area (Å²) in [6.07, 6.45) is 1.09. The molecule has 102 valence electrons. The van der Waals surface area contributed by atoms with Crippen molar-refractivity contribution in [3.8, 4) is 0 Å². The number of benzene rings is 1. The van der Waals surface area contributed by atoms with Crippen LogP contribution in [0.25, 0.3) is 0 Å². The highest BCUT2D eigenvalue weighted by Gasteiger charge is 2.45. The Kier molecular flexibility index (Phi) is 3.25. The molecule has 0 bridgehead atoms. The number of nitrogens with zero attached hydrogens (tertiary/aromatic N) is 2. The molecule has 1 fully saturated rings. The molecule has 1 aromatic rings. The van der Waals surface area contributed by atoms with Gasteiger partial charge in [0.2, 0.25) is 5.72 Å². The second kappa shape index (κ2) is 4.78. The number of aliphatic imine (C=N–C) groups is 1. The van der Waals surface area contributed by atoms with Gasteiger partial charge in [0.05, 0.1) is 6.54 Å². The van der Waals surface area contributed by atoms with Crippen molar-refractivity contribution in [2.45, 2.75) is 19.1 Å². The van der Waals surface area contributed by atoms with Gasteiger partial charge in [0, 0.05) is 16.5 Å². The minimum atomic E-state index is -0.456. The Morgan fingerprint density at radius 3 is 2.89 bits per heavy atom. The van der Waals surface area contributed by atoms with Crippen LogP contribution in [0.5, 0.6) is 0 Å². The van der Waals surface area contributed by atoms with E-state index < -0.39 is 5.72 Å². The Hall–Kier alpha value is -1.10. The van der Waals surface area contributed by atoms with Crippen LogP contribution in [0.15, 0.2) is 29.3 Å². The van der Waals surface area contributed by atoms with Gasteiger partial charge in [-0.3, -0.25) is 0 Å². The van der Waals surface area contributed by atoms with E-state index in [1.54, 1.807) is 0 Å². The summed E-state index contributed by atoms with van der Waals surface area (Å²) in [5, 5.41) is 0.726. The Morgan fingerprint density at radius 1 is 1.42 bits per heavy atom. The molecule has 1 spiro atoms. The number of halogens is 1. The van der Waals surface area contributed by atoms with E-state index in [0.717, 1.165) is 35.9 Å². The maximum Gasteiger partial charge on any atom is 0.202 e. The number of amidine groups is 1. The molecule has 0 radical (unpaired) electrons. The second-order valence-electron chi connectivity index (χ2n) is 5.44. The summed E-state index contributed by atoms with van der Waals surface area (Å²) >= 11 is 5.90. The topological polar surface area (TPSA) is 36.9 Å². The molecule has 3 rings (SSSR count). The Morgan fingerprint density at radius 2 is 2.16 bits per heavy atom. The zero-order valence-electron chi connectivity index (χ0n) is 11.2. The van der Waals surface area contributed by atoms with Crippen molar-refractivity contribution in [2.24, 2.45) is 10.9 Å². The van der Waals surface area contributed by atoms with Gasteiger partial charge in [-0.05, 0) is 44.3 Å². The highest BCUT2D eigenvalue weighted by molar-refractivity contribution is 6.30. The smallest absolute Gasteiger partial charge is 0.202 e. The summed E-state index contributed by atoms with van der Waals surface area (Å²) in [4.78, 5) is 12.9. The maximum atomic E-state index is 5.90. The zero-order valence-corrected chi connectivity index (χ0v) is 11.9. The van der Waals surface area contributed by atoms with Gasteiger partial charge in [0.15, 0.2) is 5.84 Å². The van der Waals surface area contributed by atoms with Crippen molar-refractivity contribution in [1.29, 1.82) is 0 Å². The van der Waals surface area contributed by atoms with E-state index in [9.17, 15) is 0 Å². The molecular weight excluding hydrogens is 262 g/mol. The fraction of sp³-hybridized carbons (Fsp3) is 0.500. The number of rotatable bonds is 1. The lowest BCUT2D eigenvalue weighted by molar-refractivity contribution is -0.122. The van der Waals surface area contributed by atoms with Crippen LogP contribution in [0.4, 0.5) is 0 Å². The molecule has 0 saturated carbocycles. The summed E-state index contributed by atoms with van der Waals surface area (Å²) in [7, 11) is 2.10. The van der Waals surface area contributed by atoms with E-state index in [-0.39, 0.29) is 0 Å². The second-order valence-corrected chi connectivity index (χ2v) is 5.88. The first kappa shape index (κ1) is 12.9. The minimum absolute atomic E-state index is 0.404. The molecule has 2 aliphatic heterocycles. The van der Waals surface area contributed by atoms with Crippen LogP contribution in [0.3, 0.4) is 0 Å². The first-order chi connectivity index (χ1) is 9.09. The van der Waals surface area contributed by atoms with Gasteiger partial charge in [0.1, 0.15) is 0 Å². The monoisotopic (exact) mass is 279 g/mol. The Bertz CT molecular complexity index is 502. The third-order valence-electron chi connectivity index (χ3n) is 3.95. The molecule has 19 heavy (non-hydrogen) atoms. The summed E-state index contributed by atoms with van der Waals surface area (Å²) in [5.41, 5.74) is 3.53. The largest absolute Gasteiger partial charge is 0.301 e. The van der Waals surface area contributed by atoms with Crippen LogP contribution in [0.1, 0.15) is 18.9 Å². The minimum Gasteiger partial charge on any atom is -0.301 e. The van der Waals surface area contributed by atoms with Gasteiger partial charge in [-0.15, -0.1) is 0 Å². The number of hydroxylamine groups is 1. The van der Waals surface area contributed by atoms with E-state index >= 15 is 0 Å². The predicted molar refractivity (Wildman–Crippen MR) is 76.2 cm³/mol. The standard InChI is InChI=1S/C14H18ClN3O/c1-10-7-8-18(2)9-14(10)16-13(17-19-14)11-3-5-12(15)6-4-11/h3-6,10H,7-9H2,1-2H3,(H,16,17). The average molecular weight is 280 g/mol. The van der Waals surface area contributed by atoms with Gasteiger partial charge in [-0.1, -0.05) is 18.5 Å². The Labute approximate surface area is 118 Å². The third kappa shape index (κ3) is 2.36. The average Bonchev–Trinajstić information content (AvgIpc) is 2.80. The van der Waals surface area contributed by atoms with E-state index in [1.807, 2.05) is 24.3 Å². The maximum absolute atomic E-state index is 5.90. The SMILES string of the molecule is CC1CCN(C)CC12N=C(c1ccc(Cl)cc1)NO2. The molecule has 1 aromatic carbocycles. The highest BCUT2D eigenvalue weighted by Crippen LogP contribution is 2.34. The lowest BCUT2D eigenvalue weighted by atomic mass is 9.90. The van der Waals surface area contributed by atoms with E-state index in [1.165, 1.54) is 0 Å². The van der Waals surface area contributed by atoms with Gasteiger partial charge >= 0.3 is 0 Å². The Balaban J connectivity index is 1.89. The van der Waals surface area contributed by atoms with Gasteiger partial charge in [-0.2, -0.15) is 0 Å². The fourth-order valence-corrected chi connectivity index (χ4v) is 2.77. The van der Waals surface area contributed by atoms with Crippen molar-refractivity contribution in [3.63, 3.8) is 0 Å². The van der Waals surface area contributed by atoms with Crippen LogP contribution >= 0.6 is 11.6 Å². The number of likely N-dealkylation sites (tertiary alicyclic amines) is 1. The third-order valence-corrected chi connectivity index (χ3v) is 4.21. The molecule has 1 N–H and O–H groups in total. The molecule has 2 heterocycles. The summed E-state index contributed by atoms with van der Waals surface area (Å²) in [6.45, 7) is 4.11. The van der Waals surface area contributed by atoms with Crippen LogP contribution in [-0.4, -0.2) is 36.6 Å². The summed E-state index contributed by atoms with van der Waals surface area (Å²) < 4.78 is 0. The van der Waals surface area contributed by atoms with Gasteiger partial charge < -0.3 is 4.90 Å². The first-order valence-corrected chi connectivity index (χ1v) is 6.95. The van der Waals surface area contributed by atoms with Crippen LogP contribution in [-0.2, 0) is 4.84 Å². The fourth-order valence-electron chi connectivity index (χ4n) is 2.64. The molecular formula is C14H18ClN3O. The molecule has 4 nitrogen and oxygen atoms in total. The lowest BCUT2D eigenvalue weighted by Crippen LogP contribution is -2.51. The van der Waals surface area contributed by atoms with E-state index in [2.05, 4.69) is 24.4 Å². The number of hydrogen-bond donors (Lipinski definition) is 1. The zero-order chi connectivity index (χ0) is 13.5. The number of hydrogen-bond acceptors (Lipinski definition) is 4. The van der Waals surface area contributed by atoms with Gasteiger partial charge in [-0.25, -0.2) is 15.3 Å². The molecule has 0 aliphatic carbocycles. The number of likely N-dealkylation sites (N-methyl/N-ethyl adjacent to an activating group) is 1. The molecule has 5 heteroatoms. The van der Waals surface area contributed by atoms with Crippen LogP contribution in [0.2, 0.25) is 5.02 Å². The van der Waals surface area contributed by atoms with Crippen molar-refractivity contribution in [3.05, 3.63) is 34.9 Å². The molecule has 2 unspecified atom stereocenters. The molecule has 2 aliphatic rings. The summed E-state index contributed by atoms with van der Waals surface area (Å²) in [6, 6.07) is 7.63. The summed E-state index contributed by atoms with van der Waals surface area (Å²) in [5.74, 6) is 1.19. The quantitative estimate of drug-likeness (QED) is 0.857. The number of piperidine rings is 1. The van der Waals surface area contributed by atoms with Crippen molar-refractivity contribution >= 4 is 17.4 Å². The highest BCUT2D eigenvalue weighted by atomic mass is 35.5. The van der Waals surface area contributed by atoms with Gasteiger partial charge in [0.25, 0.3) is 0 Å². The van der Waals surface area contributed by atoms with Crippen molar-refractivity contribution in [1.82, 2.24) is 10.4 Å². The molecule has 2 atom stereocenters. The lowest BCUT2D eigenvalue weighted by Gasteiger charge is -2.39. The van der Waals surface area contributed by atoms with E-state index in [0.29, 0.717) is 5.92 Å². The first-order valence-electron chi connectivity index (χ1n) is 6.57. The van der Waals surface area contributed by atoms with Crippen LogP contribution < -0.4 is 5.48 Å². The normalized spacial score (nSPS) is 31.3. The predicted octanol–water partition coefficient (Wildman–Crippen LogP) is 2.29. The van der Waals surface area contributed by atoms with E-state index in [4.69, 9.17) is 21.4 Å². The van der Waals surface area contributed by atoms with Crippen molar-refractivity contribution in [2.75, 3.05) is 20.1 Å². The van der Waals surface area contributed by atoms with Crippen LogP contribution in [0, 0.1) is 5.92 Å². The molecule has 1 saturated heterocycles. The van der Waals surface area contributed by atoms with Crippen molar-refractivity contribution < 1.29 is 4.84 Å². The molecule has 0 aromatic heterocycles.